The topological polar surface area (TPSA) is 56.5 Å². The minimum atomic E-state index is -0.772. The third-order valence-electron chi connectivity index (χ3n) is 5.07. The van der Waals surface area contributed by atoms with Crippen LogP contribution in [0.15, 0.2) is 28.8 Å². The van der Waals surface area contributed by atoms with Crippen molar-refractivity contribution in [1.29, 1.82) is 5.26 Å². The molecule has 24 heavy (non-hydrogen) atoms. The number of fused-ring (bicyclic) bond motifs is 1. The molecule has 0 aromatic heterocycles. The minimum Gasteiger partial charge on any atom is -0.295 e. The first-order chi connectivity index (χ1) is 11.5. The fraction of sp³-hybridized carbons (Fsp3) is 0.632. The number of hydrogen-bond donors (Lipinski definition) is 0. The van der Waals surface area contributed by atoms with E-state index in [4.69, 9.17) is 5.26 Å². The summed E-state index contributed by atoms with van der Waals surface area (Å²) in [5.41, 5.74) is -0.0904. The zero-order chi connectivity index (χ0) is 17.5. The van der Waals surface area contributed by atoms with E-state index in [1.54, 1.807) is 12.1 Å². The first kappa shape index (κ1) is 18.5. The molecule has 0 bridgehead atoms. The average molecular weight is 331 g/mol. The number of carbonyl (C=O) groups excluding carboxylic acids is 1. The largest absolute Gasteiger partial charge is 0.295 e. The van der Waals surface area contributed by atoms with E-state index in [0.717, 1.165) is 30.8 Å². The molecule has 1 saturated carbocycles. The van der Waals surface area contributed by atoms with Crippen molar-refractivity contribution in [2.75, 3.05) is 26.7 Å². The van der Waals surface area contributed by atoms with Crippen LogP contribution in [-0.4, -0.2) is 43.3 Å². The lowest BCUT2D eigenvalue weighted by Crippen LogP contribution is -2.27. The molecule has 0 amide bonds. The number of ketones is 1. The minimum absolute atomic E-state index is 0.0678. The fourth-order valence-corrected chi connectivity index (χ4v) is 3.85. The number of halogens is 1. The summed E-state index contributed by atoms with van der Waals surface area (Å²) in [6, 6.07) is 1.76. The number of allylic oxidation sites excluding steroid dienone is 3. The first-order valence-corrected chi connectivity index (χ1v) is 8.68. The third-order valence-corrected chi connectivity index (χ3v) is 5.07. The molecule has 2 aliphatic rings. The predicted molar refractivity (Wildman–Crippen MR) is 93.4 cm³/mol. The van der Waals surface area contributed by atoms with Crippen LogP contribution >= 0.6 is 0 Å². The quantitative estimate of drug-likeness (QED) is 0.426. The number of nitrogens with zero attached hydrogens (tertiary/aromatic N) is 3. The van der Waals surface area contributed by atoms with E-state index in [1.165, 1.54) is 38.5 Å². The van der Waals surface area contributed by atoms with Gasteiger partial charge in [0.2, 0.25) is 5.97 Å². The van der Waals surface area contributed by atoms with Gasteiger partial charge in [0.15, 0.2) is 5.78 Å². The number of carbonyl (C=O) groups is 1. The van der Waals surface area contributed by atoms with Crippen LogP contribution in [0, 0.1) is 29.1 Å². The lowest BCUT2D eigenvalue weighted by Gasteiger charge is -2.28. The van der Waals surface area contributed by atoms with E-state index in [9.17, 15) is 9.18 Å². The van der Waals surface area contributed by atoms with Crippen molar-refractivity contribution < 1.29 is 9.18 Å². The Morgan fingerprint density at radius 1 is 1.38 bits per heavy atom. The van der Waals surface area contributed by atoms with Crippen LogP contribution in [0.25, 0.3) is 0 Å². The summed E-state index contributed by atoms with van der Waals surface area (Å²) in [4.78, 5) is 17.7. The zero-order valence-electron chi connectivity index (χ0n) is 14.5. The van der Waals surface area contributed by atoms with Crippen LogP contribution in [0.2, 0.25) is 0 Å². The van der Waals surface area contributed by atoms with E-state index in [-0.39, 0.29) is 11.4 Å². The van der Waals surface area contributed by atoms with Gasteiger partial charge in [0.1, 0.15) is 11.6 Å². The van der Waals surface area contributed by atoms with Gasteiger partial charge in [0.25, 0.3) is 0 Å². The Hall–Kier alpha value is -1.80. The highest BCUT2D eigenvalue weighted by Crippen LogP contribution is 2.38. The lowest BCUT2D eigenvalue weighted by atomic mass is 9.77. The van der Waals surface area contributed by atoms with Gasteiger partial charge in [-0.2, -0.15) is 9.65 Å². The maximum Gasteiger partial charge on any atom is 0.225 e. The summed E-state index contributed by atoms with van der Waals surface area (Å²) < 4.78 is 13.2. The average Bonchev–Trinajstić information content (AvgIpc) is 2.95. The van der Waals surface area contributed by atoms with Gasteiger partial charge in [-0.15, -0.1) is 0 Å². The molecular weight excluding hydrogens is 305 g/mol. The second-order valence-corrected chi connectivity index (χ2v) is 6.98. The van der Waals surface area contributed by atoms with Gasteiger partial charge >= 0.3 is 0 Å². The molecule has 0 aromatic carbocycles. The van der Waals surface area contributed by atoms with Crippen LogP contribution in [0.3, 0.4) is 0 Å². The molecule has 3 atom stereocenters. The molecular formula is C19H26FN3O. The molecule has 1 heterocycles. The standard InChI is InChI=1S/C19H26FN3O/c1-14-7-8-16-11-23(12-17(16)9-14)13-18(24)6-4-3-5-15(10-21)19(20)22-2/h4-6,14,16-17H,3,7-9,11-13H2,1-2H3/b6-4+,15-5-,22-19+/t14-,16?,17?/m1/s1. The maximum atomic E-state index is 13.2. The van der Waals surface area contributed by atoms with Gasteiger partial charge in [-0.05, 0) is 43.1 Å². The van der Waals surface area contributed by atoms with Gasteiger partial charge in [-0.3, -0.25) is 14.7 Å². The molecule has 130 valence electrons. The predicted octanol–water partition coefficient (Wildman–Crippen LogP) is 3.32. The van der Waals surface area contributed by atoms with Crippen molar-refractivity contribution >= 4 is 11.7 Å². The van der Waals surface area contributed by atoms with Crippen LogP contribution in [-0.2, 0) is 4.79 Å². The van der Waals surface area contributed by atoms with E-state index in [2.05, 4.69) is 16.8 Å². The van der Waals surface area contributed by atoms with Crippen molar-refractivity contribution in [3.63, 3.8) is 0 Å². The van der Waals surface area contributed by atoms with Gasteiger partial charge in [-0.25, -0.2) is 0 Å². The summed E-state index contributed by atoms with van der Waals surface area (Å²) in [5.74, 6) is 1.62. The molecule has 1 saturated heterocycles. The Kier molecular flexibility index (Phi) is 6.86. The van der Waals surface area contributed by atoms with E-state index in [1.807, 2.05) is 0 Å². The molecule has 5 heteroatoms. The van der Waals surface area contributed by atoms with Crippen molar-refractivity contribution in [1.82, 2.24) is 4.90 Å². The van der Waals surface area contributed by atoms with Crippen LogP contribution < -0.4 is 0 Å². The summed E-state index contributed by atoms with van der Waals surface area (Å²) in [6.45, 7) is 4.85. The Bertz CT molecular complexity index is 588. The van der Waals surface area contributed by atoms with Crippen molar-refractivity contribution in [3.05, 3.63) is 23.8 Å². The van der Waals surface area contributed by atoms with Gasteiger partial charge in [0, 0.05) is 20.1 Å². The molecule has 1 aliphatic heterocycles. The Balaban J connectivity index is 1.78. The van der Waals surface area contributed by atoms with Crippen LogP contribution in [0.1, 0.15) is 32.6 Å². The molecule has 2 rings (SSSR count). The number of aliphatic imine (C=N–C) groups is 1. The van der Waals surface area contributed by atoms with E-state index < -0.39 is 5.97 Å². The molecule has 2 unspecified atom stereocenters. The molecule has 2 fully saturated rings. The molecule has 4 nitrogen and oxygen atoms in total. The van der Waals surface area contributed by atoms with Crippen molar-refractivity contribution in [2.24, 2.45) is 22.7 Å². The normalized spacial score (nSPS) is 28.8. The Morgan fingerprint density at radius 3 is 2.83 bits per heavy atom. The summed E-state index contributed by atoms with van der Waals surface area (Å²) in [6.07, 6.45) is 8.90. The number of nitriles is 1. The summed E-state index contributed by atoms with van der Waals surface area (Å²) in [7, 11) is 1.30. The molecule has 1 aliphatic carbocycles. The number of rotatable bonds is 6. The number of likely N-dealkylation sites (tertiary alicyclic amines) is 1. The molecule has 0 aromatic rings. The molecule has 0 N–H and O–H groups in total. The highest BCUT2D eigenvalue weighted by Gasteiger charge is 2.36. The van der Waals surface area contributed by atoms with E-state index >= 15 is 0 Å². The van der Waals surface area contributed by atoms with Gasteiger partial charge in [0.05, 0.1) is 6.54 Å². The summed E-state index contributed by atoms with van der Waals surface area (Å²) in [5, 5.41) is 8.81. The molecule has 0 radical (unpaired) electrons. The van der Waals surface area contributed by atoms with Crippen molar-refractivity contribution in [3.8, 4) is 6.07 Å². The third kappa shape index (κ3) is 5.10. The second kappa shape index (κ2) is 8.89. The monoisotopic (exact) mass is 331 g/mol. The fourth-order valence-electron chi connectivity index (χ4n) is 3.85. The second-order valence-electron chi connectivity index (χ2n) is 6.98. The maximum absolute atomic E-state index is 13.2. The van der Waals surface area contributed by atoms with E-state index in [0.29, 0.717) is 13.0 Å². The summed E-state index contributed by atoms with van der Waals surface area (Å²) >= 11 is 0. The van der Waals surface area contributed by atoms with Crippen LogP contribution in [0.4, 0.5) is 4.39 Å². The SMILES string of the molecule is C/N=C(F)\C(C#N)=C/C/C=C/C(=O)CN1CC2CC[C@@H](C)CC2C1. The van der Waals surface area contributed by atoms with Crippen molar-refractivity contribution in [2.45, 2.75) is 32.6 Å². The highest BCUT2D eigenvalue weighted by molar-refractivity contribution is 5.96. The highest BCUT2D eigenvalue weighted by atomic mass is 19.1. The Labute approximate surface area is 143 Å². The van der Waals surface area contributed by atoms with Gasteiger partial charge < -0.3 is 0 Å². The Morgan fingerprint density at radius 2 is 2.12 bits per heavy atom. The number of hydrogen-bond acceptors (Lipinski definition) is 4. The molecule has 0 spiro atoms. The zero-order valence-corrected chi connectivity index (χ0v) is 14.5. The lowest BCUT2D eigenvalue weighted by molar-refractivity contribution is -0.115. The smallest absolute Gasteiger partial charge is 0.225 e. The first-order valence-electron chi connectivity index (χ1n) is 8.68. The van der Waals surface area contributed by atoms with Crippen LogP contribution in [0.5, 0.6) is 0 Å². The van der Waals surface area contributed by atoms with Gasteiger partial charge in [-0.1, -0.05) is 25.5 Å².